The number of carbonyl (C=O) groups excluding carboxylic acids is 1. The van der Waals surface area contributed by atoms with E-state index in [1.165, 1.54) is 6.07 Å². The molecule has 0 saturated heterocycles. The summed E-state index contributed by atoms with van der Waals surface area (Å²) in [5.74, 6) is -0.607. The highest BCUT2D eigenvalue weighted by atomic mass is 16.4. The van der Waals surface area contributed by atoms with Gasteiger partial charge in [0.25, 0.3) is 0 Å². The molecule has 0 atom stereocenters. The van der Waals surface area contributed by atoms with Crippen molar-refractivity contribution in [2.24, 2.45) is 0 Å². The molecule has 0 unspecified atom stereocenters. The van der Waals surface area contributed by atoms with Crippen LogP contribution in [-0.4, -0.2) is 30.1 Å². The smallest absolute Gasteiger partial charge is 0.371 e. The van der Waals surface area contributed by atoms with E-state index < -0.39 is 5.97 Å². The third-order valence-electron chi connectivity index (χ3n) is 2.27. The molecule has 1 heterocycles. The molecule has 1 rings (SSSR count). The molecule has 0 aliphatic rings. The minimum absolute atomic E-state index is 0.00928. The zero-order valence-electron chi connectivity index (χ0n) is 10.4. The fraction of sp³-hybridized carbons (Fsp3) is 0.500. The highest BCUT2D eigenvalue weighted by Crippen LogP contribution is 2.07. The average Bonchev–Trinajstić information content (AvgIpc) is 2.81. The molecule has 1 aromatic heterocycles. The van der Waals surface area contributed by atoms with E-state index >= 15 is 0 Å². The maximum absolute atomic E-state index is 11.3. The monoisotopic (exact) mass is 254 g/mol. The van der Waals surface area contributed by atoms with Gasteiger partial charge in [-0.15, -0.1) is 0 Å². The van der Waals surface area contributed by atoms with Gasteiger partial charge < -0.3 is 20.2 Å². The average molecular weight is 254 g/mol. The normalized spacial score (nSPS) is 10.3. The summed E-state index contributed by atoms with van der Waals surface area (Å²) in [6.07, 6.45) is 1.32. The second kappa shape index (κ2) is 7.50. The molecular formula is C12H18N2O4. The van der Waals surface area contributed by atoms with Crippen LogP contribution in [0, 0.1) is 0 Å². The lowest BCUT2D eigenvalue weighted by Crippen LogP contribution is -2.27. The topological polar surface area (TPSA) is 91.6 Å². The van der Waals surface area contributed by atoms with E-state index in [2.05, 4.69) is 10.6 Å². The Morgan fingerprint density at radius 3 is 2.72 bits per heavy atom. The maximum Gasteiger partial charge on any atom is 0.371 e. The van der Waals surface area contributed by atoms with E-state index in [4.69, 9.17) is 9.52 Å². The van der Waals surface area contributed by atoms with Gasteiger partial charge in [-0.2, -0.15) is 0 Å². The van der Waals surface area contributed by atoms with E-state index in [1.807, 2.05) is 6.92 Å². The first kappa shape index (κ1) is 14.2. The molecule has 0 spiro atoms. The first-order valence-electron chi connectivity index (χ1n) is 5.93. The standard InChI is InChI=1S/C12H18N2O4/c1-2-6-14-11(15)5-7-13-8-9-3-4-10(18-9)12(16)17/h3-4,13H,2,5-8H2,1H3,(H,14,15)(H,16,17). The van der Waals surface area contributed by atoms with Crippen LogP contribution in [0.4, 0.5) is 0 Å². The lowest BCUT2D eigenvalue weighted by molar-refractivity contribution is -0.121. The van der Waals surface area contributed by atoms with Crippen molar-refractivity contribution < 1.29 is 19.1 Å². The van der Waals surface area contributed by atoms with Crippen LogP contribution in [0.3, 0.4) is 0 Å². The Hall–Kier alpha value is -1.82. The van der Waals surface area contributed by atoms with Crippen LogP contribution in [0.1, 0.15) is 36.1 Å². The van der Waals surface area contributed by atoms with Gasteiger partial charge in [-0.3, -0.25) is 4.79 Å². The van der Waals surface area contributed by atoms with Crippen molar-refractivity contribution in [2.45, 2.75) is 26.3 Å². The molecular weight excluding hydrogens is 236 g/mol. The molecule has 0 aliphatic heterocycles. The number of carboxylic acid groups (broad SMARTS) is 1. The lowest BCUT2D eigenvalue weighted by Gasteiger charge is -2.04. The number of carbonyl (C=O) groups is 2. The molecule has 6 heteroatoms. The third-order valence-corrected chi connectivity index (χ3v) is 2.27. The Bertz CT molecular complexity index is 401. The molecule has 0 fully saturated rings. The molecule has 0 radical (unpaired) electrons. The summed E-state index contributed by atoms with van der Waals surface area (Å²) < 4.78 is 5.05. The van der Waals surface area contributed by atoms with Crippen molar-refractivity contribution in [1.82, 2.24) is 10.6 Å². The van der Waals surface area contributed by atoms with Gasteiger partial charge in [-0.05, 0) is 18.6 Å². The quantitative estimate of drug-likeness (QED) is 0.601. The van der Waals surface area contributed by atoms with Crippen molar-refractivity contribution in [3.8, 4) is 0 Å². The van der Waals surface area contributed by atoms with E-state index in [0.29, 0.717) is 31.8 Å². The zero-order chi connectivity index (χ0) is 13.4. The van der Waals surface area contributed by atoms with Gasteiger partial charge in [0, 0.05) is 19.5 Å². The number of hydrogen-bond acceptors (Lipinski definition) is 4. The Kier molecular flexibility index (Phi) is 5.93. The van der Waals surface area contributed by atoms with Gasteiger partial charge in [0.05, 0.1) is 6.54 Å². The molecule has 1 aromatic rings. The Morgan fingerprint density at radius 1 is 1.33 bits per heavy atom. The predicted octanol–water partition coefficient (Wildman–Crippen LogP) is 0.984. The summed E-state index contributed by atoms with van der Waals surface area (Å²) in [6.45, 7) is 3.63. The first-order valence-corrected chi connectivity index (χ1v) is 5.93. The number of furan rings is 1. The molecule has 0 aliphatic carbocycles. The van der Waals surface area contributed by atoms with Crippen molar-refractivity contribution in [1.29, 1.82) is 0 Å². The largest absolute Gasteiger partial charge is 0.475 e. The molecule has 0 saturated carbocycles. The van der Waals surface area contributed by atoms with Crippen LogP contribution in [0.15, 0.2) is 16.5 Å². The zero-order valence-corrected chi connectivity index (χ0v) is 10.4. The van der Waals surface area contributed by atoms with Crippen LogP contribution in [0.2, 0.25) is 0 Å². The van der Waals surface area contributed by atoms with Crippen LogP contribution in [-0.2, 0) is 11.3 Å². The highest BCUT2D eigenvalue weighted by Gasteiger charge is 2.08. The summed E-state index contributed by atoms with van der Waals surface area (Å²) in [5, 5.41) is 14.4. The van der Waals surface area contributed by atoms with Crippen molar-refractivity contribution in [3.05, 3.63) is 23.7 Å². The predicted molar refractivity (Wildman–Crippen MR) is 65.3 cm³/mol. The summed E-state index contributed by atoms with van der Waals surface area (Å²) in [7, 11) is 0. The van der Waals surface area contributed by atoms with E-state index in [9.17, 15) is 9.59 Å². The van der Waals surface area contributed by atoms with Gasteiger partial charge >= 0.3 is 5.97 Å². The van der Waals surface area contributed by atoms with Crippen LogP contribution < -0.4 is 10.6 Å². The number of amides is 1. The lowest BCUT2D eigenvalue weighted by atomic mass is 10.3. The number of nitrogens with one attached hydrogen (secondary N) is 2. The summed E-state index contributed by atoms with van der Waals surface area (Å²) >= 11 is 0. The molecule has 6 nitrogen and oxygen atoms in total. The van der Waals surface area contributed by atoms with Gasteiger partial charge in [-0.25, -0.2) is 4.79 Å². The van der Waals surface area contributed by atoms with Gasteiger partial charge in [-0.1, -0.05) is 6.92 Å². The van der Waals surface area contributed by atoms with E-state index in [1.54, 1.807) is 6.07 Å². The first-order chi connectivity index (χ1) is 8.63. The Balaban J connectivity index is 2.17. The number of aromatic carboxylic acids is 1. The maximum atomic E-state index is 11.3. The third kappa shape index (κ3) is 5.01. The second-order valence-corrected chi connectivity index (χ2v) is 3.85. The van der Waals surface area contributed by atoms with Crippen LogP contribution in [0.5, 0.6) is 0 Å². The fourth-order valence-electron chi connectivity index (χ4n) is 1.35. The van der Waals surface area contributed by atoms with Crippen molar-refractivity contribution >= 4 is 11.9 Å². The number of rotatable bonds is 8. The van der Waals surface area contributed by atoms with Gasteiger partial charge in [0.2, 0.25) is 11.7 Å². The summed E-state index contributed by atoms with van der Waals surface area (Å²) in [4.78, 5) is 21.8. The van der Waals surface area contributed by atoms with E-state index in [-0.39, 0.29) is 11.7 Å². The second-order valence-electron chi connectivity index (χ2n) is 3.85. The molecule has 100 valence electrons. The van der Waals surface area contributed by atoms with E-state index in [0.717, 1.165) is 6.42 Å². The Labute approximate surface area is 105 Å². The number of hydrogen-bond donors (Lipinski definition) is 3. The molecule has 0 aromatic carbocycles. The Morgan fingerprint density at radius 2 is 2.11 bits per heavy atom. The van der Waals surface area contributed by atoms with Crippen LogP contribution >= 0.6 is 0 Å². The van der Waals surface area contributed by atoms with Crippen molar-refractivity contribution in [3.63, 3.8) is 0 Å². The fourth-order valence-corrected chi connectivity index (χ4v) is 1.35. The molecule has 1 amide bonds. The van der Waals surface area contributed by atoms with Gasteiger partial charge in [0.15, 0.2) is 0 Å². The molecule has 0 bridgehead atoms. The summed E-state index contributed by atoms with van der Waals surface area (Å²) in [5.41, 5.74) is 0. The number of carboxylic acids is 1. The molecule has 18 heavy (non-hydrogen) atoms. The molecule has 3 N–H and O–H groups in total. The van der Waals surface area contributed by atoms with Gasteiger partial charge in [0.1, 0.15) is 5.76 Å². The van der Waals surface area contributed by atoms with Crippen molar-refractivity contribution in [2.75, 3.05) is 13.1 Å². The SMILES string of the molecule is CCCNC(=O)CCNCc1ccc(C(=O)O)o1. The highest BCUT2D eigenvalue weighted by molar-refractivity contribution is 5.84. The minimum Gasteiger partial charge on any atom is -0.475 e. The minimum atomic E-state index is -1.08. The van der Waals surface area contributed by atoms with Crippen LogP contribution in [0.25, 0.3) is 0 Å². The summed E-state index contributed by atoms with van der Waals surface area (Å²) in [6, 6.07) is 3.01.